The molecule has 3 nitrogen and oxygen atoms in total. The minimum atomic E-state index is -4.42. The van der Waals surface area contributed by atoms with E-state index < -0.39 is 11.9 Å². The first kappa shape index (κ1) is 13.7. The van der Waals surface area contributed by atoms with Crippen LogP contribution in [0.4, 0.5) is 19.1 Å². The molecule has 1 N–H and O–H groups in total. The summed E-state index contributed by atoms with van der Waals surface area (Å²) in [7, 11) is 0. The first-order valence-electron chi connectivity index (χ1n) is 5.66. The van der Waals surface area contributed by atoms with Gasteiger partial charge in [-0.15, -0.1) is 0 Å². The van der Waals surface area contributed by atoms with Crippen molar-refractivity contribution in [2.24, 2.45) is 0 Å². The molecular weight excluding hydrogens is 231 g/mol. The molecule has 0 amide bonds. The molecule has 0 spiro atoms. The van der Waals surface area contributed by atoms with Crippen molar-refractivity contribution in [3.05, 3.63) is 17.5 Å². The van der Waals surface area contributed by atoms with Crippen molar-refractivity contribution in [3.8, 4) is 0 Å². The lowest BCUT2D eigenvalue weighted by Gasteiger charge is -2.10. The average Bonchev–Trinajstić information content (AvgIpc) is 2.25. The van der Waals surface area contributed by atoms with Crippen molar-refractivity contribution in [2.45, 2.75) is 39.3 Å². The summed E-state index contributed by atoms with van der Waals surface area (Å²) in [6.07, 6.45) is -2.14. The Bertz CT molecular complexity index is 363. The second-order valence-electron chi connectivity index (χ2n) is 3.70. The van der Waals surface area contributed by atoms with E-state index in [0.717, 1.165) is 18.9 Å². The van der Waals surface area contributed by atoms with Crippen molar-refractivity contribution in [1.29, 1.82) is 0 Å². The van der Waals surface area contributed by atoms with Crippen LogP contribution in [0.2, 0.25) is 0 Å². The van der Waals surface area contributed by atoms with Crippen LogP contribution >= 0.6 is 0 Å². The molecule has 0 fully saturated rings. The summed E-state index contributed by atoms with van der Waals surface area (Å²) in [5.41, 5.74) is -0.445. The van der Waals surface area contributed by atoms with Crippen molar-refractivity contribution in [2.75, 3.05) is 11.9 Å². The van der Waals surface area contributed by atoms with Crippen molar-refractivity contribution < 1.29 is 13.2 Å². The highest BCUT2D eigenvalue weighted by Gasteiger charge is 2.33. The zero-order valence-corrected chi connectivity index (χ0v) is 9.93. The van der Waals surface area contributed by atoms with Crippen LogP contribution in [0.25, 0.3) is 0 Å². The lowest BCUT2D eigenvalue weighted by Crippen LogP contribution is -2.13. The SMILES string of the molecule is CCCCc1cc(C(F)(F)F)nc(NCC)n1. The molecule has 0 aliphatic heterocycles. The molecule has 1 heterocycles. The minimum Gasteiger partial charge on any atom is -0.354 e. The Labute approximate surface area is 98.5 Å². The number of alkyl halides is 3. The largest absolute Gasteiger partial charge is 0.433 e. The molecule has 0 radical (unpaired) electrons. The molecule has 0 aliphatic rings. The number of rotatable bonds is 5. The molecule has 0 saturated carbocycles. The smallest absolute Gasteiger partial charge is 0.354 e. The number of unbranched alkanes of at least 4 members (excludes halogenated alkanes) is 1. The van der Waals surface area contributed by atoms with Gasteiger partial charge in [0, 0.05) is 12.2 Å². The standard InChI is InChI=1S/C11H16F3N3/c1-3-5-6-8-7-9(11(12,13)14)17-10(16-8)15-4-2/h7H,3-6H2,1-2H3,(H,15,16,17). The summed E-state index contributed by atoms with van der Waals surface area (Å²) in [6.45, 7) is 4.26. The Kier molecular flexibility index (Phi) is 4.72. The zero-order chi connectivity index (χ0) is 12.9. The van der Waals surface area contributed by atoms with Crippen LogP contribution in [0.3, 0.4) is 0 Å². The Balaban J connectivity index is 3.01. The number of hydrogen-bond acceptors (Lipinski definition) is 3. The molecule has 0 saturated heterocycles. The second kappa shape index (κ2) is 5.84. The van der Waals surface area contributed by atoms with Gasteiger partial charge in [-0.1, -0.05) is 13.3 Å². The van der Waals surface area contributed by atoms with Gasteiger partial charge in [-0.05, 0) is 25.8 Å². The van der Waals surface area contributed by atoms with Crippen molar-refractivity contribution in [1.82, 2.24) is 9.97 Å². The third kappa shape index (κ3) is 4.20. The quantitative estimate of drug-likeness (QED) is 0.867. The number of nitrogens with zero attached hydrogens (tertiary/aromatic N) is 2. The molecule has 1 rings (SSSR count). The van der Waals surface area contributed by atoms with Crippen molar-refractivity contribution >= 4 is 5.95 Å². The van der Waals surface area contributed by atoms with Crippen molar-refractivity contribution in [3.63, 3.8) is 0 Å². The van der Waals surface area contributed by atoms with E-state index in [0.29, 0.717) is 18.7 Å². The predicted octanol–water partition coefficient (Wildman–Crippen LogP) is 3.27. The maximum atomic E-state index is 12.6. The Morgan fingerprint density at radius 2 is 1.94 bits per heavy atom. The van der Waals surface area contributed by atoms with Crippen LogP contribution in [-0.2, 0) is 12.6 Å². The summed E-state index contributed by atoms with van der Waals surface area (Å²) < 4.78 is 37.8. The molecule has 0 atom stereocenters. The predicted molar refractivity (Wildman–Crippen MR) is 59.8 cm³/mol. The average molecular weight is 247 g/mol. The van der Waals surface area contributed by atoms with Gasteiger partial charge >= 0.3 is 6.18 Å². The van der Waals surface area contributed by atoms with Gasteiger partial charge in [0.2, 0.25) is 5.95 Å². The fourth-order valence-corrected chi connectivity index (χ4v) is 1.37. The van der Waals surface area contributed by atoms with E-state index >= 15 is 0 Å². The number of hydrogen-bond donors (Lipinski definition) is 1. The molecule has 6 heteroatoms. The van der Waals surface area contributed by atoms with Gasteiger partial charge in [0.1, 0.15) is 5.69 Å². The van der Waals surface area contributed by atoms with E-state index in [1.165, 1.54) is 0 Å². The number of nitrogens with one attached hydrogen (secondary N) is 1. The Morgan fingerprint density at radius 1 is 1.24 bits per heavy atom. The van der Waals surface area contributed by atoms with Gasteiger partial charge in [0.25, 0.3) is 0 Å². The Morgan fingerprint density at radius 3 is 2.47 bits per heavy atom. The van der Waals surface area contributed by atoms with Gasteiger partial charge in [-0.2, -0.15) is 13.2 Å². The summed E-state index contributed by atoms with van der Waals surface area (Å²) in [5, 5.41) is 2.71. The lowest BCUT2D eigenvalue weighted by atomic mass is 10.2. The van der Waals surface area contributed by atoms with E-state index in [4.69, 9.17) is 0 Å². The summed E-state index contributed by atoms with van der Waals surface area (Å²) in [6, 6.07) is 1.02. The van der Waals surface area contributed by atoms with Gasteiger partial charge in [0.15, 0.2) is 0 Å². The summed E-state index contributed by atoms with van der Waals surface area (Å²) >= 11 is 0. The fraction of sp³-hybridized carbons (Fsp3) is 0.636. The maximum absolute atomic E-state index is 12.6. The number of halogens is 3. The first-order chi connectivity index (χ1) is 7.97. The number of anilines is 1. The molecule has 1 aromatic rings. The van der Waals surface area contributed by atoms with Gasteiger partial charge in [0.05, 0.1) is 0 Å². The molecule has 0 aliphatic carbocycles. The maximum Gasteiger partial charge on any atom is 0.433 e. The fourth-order valence-electron chi connectivity index (χ4n) is 1.37. The van der Waals surface area contributed by atoms with Crippen LogP contribution in [0.1, 0.15) is 38.1 Å². The van der Waals surface area contributed by atoms with E-state index in [9.17, 15) is 13.2 Å². The van der Waals surface area contributed by atoms with E-state index in [1.807, 2.05) is 6.92 Å². The summed E-state index contributed by atoms with van der Waals surface area (Å²) in [5.74, 6) is 0.0495. The highest BCUT2D eigenvalue weighted by atomic mass is 19.4. The molecular formula is C11H16F3N3. The van der Waals surface area contributed by atoms with Crippen LogP contribution in [-0.4, -0.2) is 16.5 Å². The normalized spacial score (nSPS) is 11.6. The monoisotopic (exact) mass is 247 g/mol. The van der Waals surface area contributed by atoms with Gasteiger partial charge < -0.3 is 5.32 Å². The van der Waals surface area contributed by atoms with Crippen LogP contribution in [0, 0.1) is 0 Å². The molecule has 0 aromatic carbocycles. The number of aromatic nitrogens is 2. The first-order valence-corrected chi connectivity index (χ1v) is 5.66. The highest BCUT2D eigenvalue weighted by molar-refractivity contribution is 5.29. The van der Waals surface area contributed by atoms with E-state index in [2.05, 4.69) is 15.3 Å². The van der Waals surface area contributed by atoms with E-state index in [1.54, 1.807) is 6.92 Å². The van der Waals surface area contributed by atoms with Gasteiger partial charge in [-0.25, -0.2) is 9.97 Å². The van der Waals surface area contributed by atoms with Crippen LogP contribution in [0.15, 0.2) is 6.07 Å². The third-order valence-electron chi connectivity index (χ3n) is 2.19. The zero-order valence-electron chi connectivity index (χ0n) is 9.93. The lowest BCUT2D eigenvalue weighted by molar-refractivity contribution is -0.141. The topological polar surface area (TPSA) is 37.8 Å². The summed E-state index contributed by atoms with van der Waals surface area (Å²) in [4.78, 5) is 7.51. The third-order valence-corrected chi connectivity index (χ3v) is 2.19. The Hall–Kier alpha value is -1.33. The molecule has 0 unspecified atom stereocenters. The minimum absolute atomic E-state index is 0.0495. The molecule has 1 aromatic heterocycles. The van der Waals surface area contributed by atoms with E-state index in [-0.39, 0.29) is 5.95 Å². The van der Waals surface area contributed by atoms with Gasteiger partial charge in [-0.3, -0.25) is 0 Å². The number of aryl methyl sites for hydroxylation is 1. The highest BCUT2D eigenvalue weighted by Crippen LogP contribution is 2.28. The van der Waals surface area contributed by atoms with Crippen LogP contribution < -0.4 is 5.32 Å². The molecule has 96 valence electrons. The second-order valence-corrected chi connectivity index (χ2v) is 3.70. The molecule has 0 bridgehead atoms. The molecule has 17 heavy (non-hydrogen) atoms. The van der Waals surface area contributed by atoms with Crippen LogP contribution in [0.5, 0.6) is 0 Å².